The van der Waals surface area contributed by atoms with E-state index in [4.69, 9.17) is 9.47 Å². The predicted molar refractivity (Wildman–Crippen MR) is 106 cm³/mol. The number of piperidine rings is 1. The monoisotopic (exact) mass is 396 g/mol. The number of benzene rings is 1. The van der Waals surface area contributed by atoms with E-state index < -0.39 is 10.0 Å². The van der Waals surface area contributed by atoms with Gasteiger partial charge in [-0.3, -0.25) is 0 Å². The molecule has 0 amide bonds. The molecule has 2 fully saturated rings. The first kappa shape index (κ1) is 20.6. The van der Waals surface area contributed by atoms with Gasteiger partial charge in [0.1, 0.15) is 5.75 Å². The van der Waals surface area contributed by atoms with Crippen molar-refractivity contribution in [1.29, 1.82) is 0 Å². The Balaban J connectivity index is 1.50. The smallest absolute Gasteiger partial charge is 0.240 e. The van der Waals surface area contributed by atoms with Crippen LogP contribution in [0.25, 0.3) is 0 Å². The second kappa shape index (κ2) is 9.37. The number of rotatable bonds is 7. The van der Waals surface area contributed by atoms with E-state index in [2.05, 4.69) is 9.62 Å². The van der Waals surface area contributed by atoms with Gasteiger partial charge in [0.2, 0.25) is 10.0 Å². The maximum absolute atomic E-state index is 12.6. The van der Waals surface area contributed by atoms with Gasteiger partial charge < -0.3 is 14.4 Å². The van der Waals surface area contributed by atoms with Crippen LogP contribution in [0.5, 0.6) is 5.75 Å². The van der Waals surface area contributed by atoms with Crippen molar-refractivity contribution in [1.82, 2.24) is 9.62 Å². The van der Waals surface area contributed by atoms with E-state index in [-0.39, 0.29) is 0 Å². The van der Waals surface area contributed by atoms with E-state index in [0.29, 0.717) is 30.0 Å². The van der Waals surface area contributed by atoms with E-state index in [1.165, 1.54) is 0 Å². The molecule has 0 atom stereocenters. The molecule has 7 heteroatoms. The van der Waals surface area contributed by atoms with E-state index in [1.54, 1.807) is 18.2 Å². The van der Waals surface area contributed by atoms with Crippen molar-refractivity contribution in [2.75, 3.05) is 39.5 Å². The fourth-order valence-corrected chi connectivity index (χ4v) is 5.19. The fourth-order valence-electron chi connectivity index (χ4n) is 3.99. The maximum atomic E-state index is 12.6. The van der Waals surface area contributed by atoms with Crippen molar-refractivity contribution in [2.45, 2.75) is 50.5 Å². The van der Waals surface area contributed by atoms with Crippen molar-refractivity contribution in [2.24, 2.45) is 5.92 Å². The maximum Gasteiger partial charge on any atom is 0.240 e. The SMILES string of the molecule is CCOc1ccc(S(=O)(=O)NCC2CCN(C3CCOCC3)CC2)cc1C. The highest BCUT2D eigenvalue weighted by Crippen LogP contribution is 2.24. The molecule has 0 unspecified atom stereocenters. The third-order valence-electron chi connectivity index (χ3n) is 5.67. The van der Waals surface area contributed by atoms with Crippen LogP contribution in [0.3, 0.4) is 0 Å². The summed E-state index contributed by atoms with van der Waals surface area (Å²) in [5, 5.41) is 0. The Hall–Kier alpha value is -1.15. The molecular formula is C20H32N2O4S. The van der Waals surface area contributed by atoms with Gasteiger partial charge in [-0.05, 0) is 82.3 Å². The third-order valence-corrected chi connectivity index (χ3v) is 7.10. The molecule has 3 rings (SSSR count). The standard InChI is InChI=1S/C20H32N2O4S/c1-3-26-20-5-4-19(14-16(20)2)27(23,24)21-15-17-6-10-22(11-7-17)18-8-12-25-13-9-18/h4-5,14,17-18,21H,3,6-13,15H2,1-2H3. The summed E-state index contributed by atoms with van der Waals surface area (Å²) in [5.74, 6) is 1.14. The van der Waals surface area contributed by atoms with E-state index >= 15 is 0 Å². The lowest BCUT2D eigenvalue weighted by molar-refractivity contribution is 0.0214. The normalized spacial score (nSPS) is 20.7. The Kier molecular flexibility index (Phi) is 7.14. The zero-order valence-corrected chi connectivity index (χ0v) is 17.3. The third kappa shape index (κ3) is 5.44. The lowest BCUT2D eigenvalue weighted by Gasteiger charge is -2.39. The lowest BCUT2D eigenvalue weighted by atomic mass is 9.94. The number of nitrogens with zero attached hydrogens (tertiary/aromatic N) is 1. The topological polar surface area (TPSA) is 67.9 Å². The highest BCUT2D eigenvalue weighted by atomic mass is 32.2. The van der Waals surface area contributed by atoms with Gasteiger partial charge in [-0.15, -0.1) is 0 Å². The van der Waals surface area contributed by atoms with Crippen molar-refractivity contribution < 1.29 is 17.9 Å². The molecule has 6 nitrogen and oxygen atoms in total. The molecule has 2 aliphatic heterocycles. The predicted octanol–water partition coefficient (Wildman–Crippen LogP) is 2.56. The number of nitrogens with one attached hydrogen (secondary N) is 1. The van der Waals surface area contributed by atoms with E-state index in [1.807, 2.05) is 13.8 Å². The zero-order chi connectivity index (χ0) is 19.3. The Morgan fingerprint density at radius 2 is 1.89 bits per heavy atom. The van der Waals surface area contributed by atoms with Crippen LogP contribution in [0.1, 0.15) is 38.2 Å². The summed E-state index contributed by atoms with van der Waals surface area (Å²) >= 11 is 0. The van der Waals surface area contributed by atoms with Crippen molar-refractivity contribution in [3.05, 3.63) is 23.8 Å². The minimum atomic E-state index is -3.48. The summed E-state index contributed by atoms with van der Waals surface area (Å²) in [7, 11) is -3.48. The minimum absolute atomic E-state index is 0.308. The summed E-state index contributed by atoms with van der Waals surface area (Å²) in [5.41, 5.74) is 0.837. The van der Waals surface area contributed by atoms with Gasteiger partial charge in [0, 0.05) is 25.8 Å². The summed E-state index contributed by atoms with van der Waals surface area (Å²) in [4.78, 5) is 2.87. The molecule has 2 saturated heterocycles. The number of hydrogen-bond donors (Lipinski definition) is 1. The molecule has 2 heterocycles. The van der Waals surface area contributed by atoms with Crippen molar-refractivity contribution >= 4 is 10.0 Å². The molecule has 1 aromatic carbocycles. The molecule has 27 heavy (non-hydrogen) atoms. The molecule has 0 bridgehead atoms. The molecule has 1 aromatic rings. The number of aryl methyl sites for hydroxylation is 1. The van der Waals surface area contributed by atoms with Gasteiger partial charge in [0.15, 0.2) is 0 Å². The first-order valence-electron chi connectivity index (χ1n) is 10.0. The first-order valence-corrected chi connectivity index (χ1v) is 11.5. The molecule has 0 saturated carbocycles. The first-order chi connectivity index (χ1) is 13.0. The molecule has 0 aliphatic carbocycles. The average molecular weight is 397 g/mol. The molecule has 152 valence electrons. The fraction of sp³-hybridized carbons (Fsp3) is 0.700. The summed E-state index contributed by atoms with van der Waals surface area (Å²) < 4.78 is 39.0. The number of likely N-dealkylation sites (tertiary alicyclic amines) is 1. The molecule has 2 aliphatic rings. The van der Waals surface area contributed by atoms with Crippen molar-refractivity contribution in [3.8, 4) is 5.75 Å². The van der Waals surface area contributed by atoms with Gasteiger partial charge >= 0.3 is 0 Å². The van der Waals surface area contributed by atoms with Crippen LogP contribution in [0.15, 0.2) is 23.1 Å². The van der Waals surface area contributed by atoms with E-state index in [0.717, 1.165) is 63.3 Å². The van der Waals surface area contributed by atoms with Crippen LogP contribution >= 0.6 is 0 Å². The van der Waals surface area contributed by atoms with Gasteiger partial charge in [-0.25, -0.2) is 13.1 Å². The Labute approximate surface area is 163 Å². The Morgan fingerprint density at radius 1 is 1.19 bits per heavy atom. The quantitative estimate of drug-likeness (QED) is 0.767. The van der Waals surface area contributed by atoms with Crippen molar-refractivity contribution in [3.63, 3.8) is 0 Å². The van der Waals surface area contributed by atoms with Crippen LogP contribution in [0.4, 0.5) is 0 Å². The molecule has 0 radical (unpaired) electrons. The highest BCUT2D eigenvalue weighted by molar-refractivity contribution is 7.89. The number of sulfonamides is 1. The van der Waals surface area contributed by atoms with Gasteiger partial charge in [0.05, 0.1) is 11.5 Å². The molecular weight excluding hydrogens is 364 g/mol. The lowest BCUT2D eigenvalue weighted by Crippen LogP contribution is -2.45. The van der Waals surface area contributed by atoms with Crippen LogP contribution in [0, 0.1) is 12.8 Å². The minimum Gasteiger partial charge on any atom is -0.494 e. The number of ether oxygens (including phenoxy) is 2. The summed E-state index contributed by atoms with van der Waals surface area (Å²) in [6.07, 6.45) is 4.33. The second-order valence-corrected chi connectivity index (χ2v) is 9.30. The highest BCUT2D eigenvalue weighted by Gasteiger charge is 2.27. The summed E-state index contributed by atoms with van der Waals surface area (Å²) in [6, 6.07) is 5.68. The van der Waals surface area contributed by atoms with Crippen LogP contribution < -0.4 is 9.46 Å². The van der Waals surface area contributed by atoms with Gasteiger partial charge in [-0.1, -0.05) is 0 Å². The number of hydrogen-bond acceptors (Lipinski definition) is 5. The summed E-state index contributed by atoms with van der Waals surface area (Å²) in [6.45, 7) is 8.71. The van der Waals surface area contributed by atoms with Crippen LogP contribution in [0.2, 0.25) is 0 Å². The molecule has 0 spiro atoms. The largest absolute Gasteiger partial charge is 0.494 e. The van der Waals surface area contributed by atoms with Gasteiger partial charge in [-0.2, -0.15) is 0 Å². The Bertz CT molecular complexity index is 709. The van der Waals surface area contributed by atoms with E-state index in [9.17, 15) is 8.42 Å². The molecule has 0 aromatic heterocycles. The van der Waals surface area contributed by atoms with Crippen LogP contribution in [-0.2, 0) is 14.8 Å². The zero-order valence-electron chi connectivity index (χ0n) is 16.4. The van der Waals surface area contributed by atoms with Crippen LogP contribution in [-0.4, -0.2) is 58.8 Å². The van der Waals surface area contributed by atoms with Gasteiger partial charge in [0.25, 0.3) is 0 Å². The average Bonchev–Trinajstić information content (AvgIpc) is 2.69. The molecule has 1 N–H and O–H groups in total. The Morgan fingerprint density at radius 3 is 2.52 bits per heavy atom. The second-order valence-electron chi connectivity index (χ2n) is 7.54.